The Bertz CT molecular complexity index is 489. The number of thiophene rings is 1. The van der Waals surface area contributed by atoms with Gasteiger partial charge in [0.15, 0.2) is 0 Å². The summed E-state index contributed by atoms with van der Waals surface area (Å²) in [6.07, 6.45) is 0. The van der Waals surface area contributed by atoms with E-state index in [-0.39, 0.29) is 10.6 Å². The molecule has 0 nitrogen and oxygen atoms in total. The first-order valence-electron chi connectivity index (χ1n) is 4.72. The Hall–Kier alpha value is -0.380. The molecule has 1 aromatic carbocycles. The van der Waals surface area contributed by atoms with Gasteiger partial charge >= 0.3 is 0 Å². The fourth-order valence-electron chi connectivity index (χ4n) is 1.54. The van der Waals surface area contributed by atoms with E-state index in [2.05, 4.69) is 15.9 Å². The largest absolute Gasteiger partial charge is 0.207 e. The van der Waals surface area contributed by atoms with Gasteiger partial charge in [-0.2, -0.15) is 0 Å². The molecule has 0 radical (unpaired) electrons. The molecule has 0 spiro atoms. The van der Waals surface area contributed by atoms with Crippen molar-refractivity contribution in [2.45, 2.75) is 11.8 Å². The molecular weight excluding hydrogens is 311 g/mol. The smallest absolute Gasteiger partial charge is 0.123 e. The summed E-state index contributed by atoms with van der Waals surface area (Å²) in [7, 11) is 0. The lowest BCUT2D eigenvalue weighted by Crippen LogP contribution is -1.92. The monoisotopic (exact) mass is 318 g/mol. The summed E-state index contributed by atoms with van der Waals surface area (Å²) in [5.74, 6) is -0.206. The quantitative estimate of drug-likeness (QED) is 0.656. The number of benzene rings is 1. The fourth-order valence-corrected chi connectivity index (χ4v) is 3.30. The van der Waals surface area contributed by atoms with Crippen LogP contribution >= 0.6 is 38.9 Å². The molecule has 1 unspecified atom stereocenters. The zero-order chi connectivity index (χ0) is 11.7. The highest BCUT2D eigenvalue weighted by atomic mass is 79.9. The average molecular weight is 320 g/mol. The molecule has 1 atom stereocenters. The molecule has 4 heteroatoms. The second-order valence-electron chi connectivity index (χ2n) is 3.57. The first-order chi connectivity index (χ1) is 7.56. The molecule has 1 heterocycles. The van der Waals surface area contributed by atoms with E-state index in [0.29, 0.717) is 0 Å². The second-order valence-corrected chi connectivity index (χ2v) is 6.23. The summed E-state index contributed by atoms with van der Waals surface area (Å²) in [4.78, 5) is 1.08. The molecule has 0 saturated carbocycles. The Morgan fingerprint density at radius 3 is 2.62 bits per heavy atom. The van der Waals surface area contributed by atoms with E-state index in [4.69, 9.17) is 11.6 Å². The van der Waals surface area contributed by atoms with E-state index >= 15 is 0 Å². The van der Waals surface area contributed by atoms with E-state index in [1.807, 2.05) is 25.1 Å². The standard InChI is InChI=1S/C12H9BrClFS/c1-7-4-8(6-9(15)5-7)12(13)10-2-3-11(14)16-10/h2-6,12H,1H3. The topological polar surface area (TPSA) is 0 Å². The lowest BCUT2D eigenvalue weighted by molar-refractivity contribution is 0.624. The Labute approximate surface area is 111 Å². The van der Waals surface area contributed by atoms with Gasteiger partial charge in [0.1, 0.15) is 5.82 Å². The van der Waals surface area contributed by atoms with Crippen LogP contribution in [0.15, 0.2) is 30.3 Å². The third kappa shape index (κ3) is 2.65. The van der Waals surface area contributed by atoms with Crippen molar-refractivity contribution in [3.8, 4) is 0 Å². The predicted octanol–water partition coefficient (Wildman–Crippen LogP) is 5.33. The van der Waals surface area contributed by atoms with Gasteiger partial charge in [-0.1, -0.05) is 33.6 Å². The lowest BCUT2D eigenvalue weighted by Gasteiger charge is -2.09. The maximum atomic E-state index is 13.3. The lowest BCUT2D eigenvalue weighted by atomic mass is 10.1. The SMILES string of the molecule is Cc1cc(F)cc(C(Br)c2ccc(Cl)s2)c1. The van der Waals surface area contributed by atoms with Crippen LogP contribution in [0.5, 0.6) is 0 Å². The minimum absolute atomic E-state index is 0.000556. The molecule has 2 rings (SSSR count). The number of hydrogen-bond donors (Lipinski definition) is 0. The predicted molar refractivity (Wildman–Crippen MR) is 71.2 cm³/mol. The van der Waals surface area contributed by atoms with Crippen molar-refractivity contribution in [2.24, 2.45) is 0 Å². The van der Waals surface area contributed by atoms with Crippen molar-refractivity contribution in [3.63, 3.8) is 0 Å². The highest BCUT2D eigenvalue weighted by molar-refractivity contribution is 9.09. The summed E-state index contributed by atoms with van der Waals surface area (Å²) >= 11 is 10.9. The summed E-state index contributed by atoms with van der Waals surface area (Å²) in [6.45, 7) is 1.88. The van der Waals surface area contributed by atoms with Crippen molar-refractivity contribution >= 4 is 38.9 Å². The van der Waals surface area contributed by atoms with Crippen molar-refractivity contribution in [3.05, 3.63) is 56.5 Å². The molecular formula is C12H9BrClFS. The van der Waals surface area contributed by atoms with Gasteiger partial charge < -0.3 is 0 Å². The highest BCUT2D eigenvalue weighted by Crippen LogP contribution is 2.37. The van der Waals surface area contributed by atoms with E-state index < -0.39 is 0 Å². The normalized spacial score (nSPS) is 12.8. The molecule has 16 heavy (non-hydrogen) atoms. The molecule has 0 N–H and O–H groups in total. The van der Waals surface area contributed by atoms with E-state index in [1.54, 1.807) is 6.07 Å². The number of hydrogen-bond acceptors (Lipinski definition) is 1. The molecule has 84 valence electrons. The minimum Gasteiger partial charge on any atom is -0.207 e. The highest BCUT2D eigenvalue weighted by Gasteiger charge is 2.13. The summed E-state index contributed by atoms with van der Waals surface area (Å²) in [5.41, 5.74) is 1.83. The number of alkyl halides is 1. The van der Waals surface area contributed by atoms with Crippen molar-refractivity contribution < 1.29 is 4.39 Å². The molecule has 0 aliphatic carbocycles. The first-order valence-corrected chi connectivity index (χ1v) is 6.83. The van der Waals surface area contributed by atoms with Gasteiger partial charge in [0.2, 0.25) is 0 Å². The van der Waals surface area contributed by atoms with Crippen molar-refractivity contribution in [1.29, 1.82) is 0 Å². The van der Waals surface area contributed by atoms with Gasteiger partial charge in [-0.15, -0.1) is 11.3 Å². The minimum atomic E-state index is -0.206. The zero-order valence-electron chi connectivity index (χ0n) is 8.51. The van der Waals surface area contributed by atoms with Gasteiger partial charge in [0.05, 0.1) is 9.16 Å². The Morgan fingerprint density at radius 2 is 2.06 bits per heavy atom. The number of rotatable bonds is 2. The Morgan fingerprint density at radius 1 is 1.31 bits per heavy atom. The molecule has 0 aliphatic rings. The molecule has 0 saturated heterocycles. The number of halogens is 3. The van der Waals surface area contributed by atoms with Gasteiger partial charge in [0.25, 0.3) is 0 Å². The van der Waals surface area contributed by atoms with E-state index in [1.165, 1.54) is 17.4 Å². The molecule has 0 aliphatic heterocycles. The van der Waals surface area contributed by atoms with Crippen LogP contribution in [-0.2, 0) is 0 Å². The van der Waals surface area contributed by atoms with Crippen LogP contribution in [-0.4, -0.2) is 0 Å². The van der Waals surface area contributed by atoms with Crippen LogP contribution in [0.3, 0.4) is 0 Å². The summed E-state index contributed by atoms with van der Waals surface area (Å²) in [6, 6.07) is 8.83. The molecule has 0 fully saturated rings. The van der Waals surface area contributed by atoms with E-state index in [0.717, 1.165) is 20.3 Å². The fraction of sp³-hybridized carbons (Fsp3) is 0.167. The third-order valence-electron chi connectivity index (χ3n) is 2.20. The zero-order valence-corrected chi connectivity index (χ0v) is 11.7. The van der Waals surface area contributed by atoms with Gasteiger partial charge in [-0.05, 0) is 42.3 Å². The van der Waals surface area contributed by atoms with Crippen LogP contribution in [0, 0.1) is 12.7 Å². The van der Waals surface area contributed by atoms with Crippen LogP contribution in [0.1, 0.15) is 20.8 Å². The van der Waals surface area contributed by atoms with Gasteiger partial charge in [0, 0.05) is 4.88 Å². The van der Waals surface area contributed by atoms with Crippen molar-refractivity contribution in [2.75, 3.05) is 0 Å². The first kappa shape index (κ1) is 12.1. The second kappa shape index (κ2) is 4.86. The molecule has 2 aromatic rings. The van der Waals surface area contributed by atoms with Gasteiger partial charge in [-0.3, -0.25) is 0 Å². The van der Waals surface area contributed by atoms with Crippen LogP contribution < -0.4 is 0 Å². The maximum Gasteiger partial charge on any atom is 0.123 e. The van der Waals surface area contributed by atoms with Gasteiger partial charge in [-0.25, -0.2) is 4.39 Å². The van der Waals surface area contributed by atoms with E-state index in [9.17, 15) is 4.39 Å². The van der Waals surface area contributed by atoms with Crippen LogP contribution in [0.2, 0.25) is 4.34 Å². The Balaban J connectivity index is 2.37. The third-order valence-corrected chi connectivity index (χ3v) is 4.82. The summed E-state index contributed by atoms with van der Waals surface area (Å²) in [5, 5.41) is 0. The van der Waals surface area contributed by atoms with Crippen molar-refractivity contribution in [1.82, 2.24) is 0 Å². The van der Waals surface area contributed by atoms with Crippen LogP contribution in [0.25, 0.3) is 0 Å². The molecule has 0 bridgehead atoms. The average Bonchev–Trinajstić information content (AvgIpc) is 2.62. The molecule has 0 amide bonds. The Kier molecular flexibility index (Phi) is 3.67. The van der Waals surface area contributed by atoms with Crippen LogP contribution in [0.4, 0.5) is 4.39 Å². The maximum absolute atomic E-state index is 13.3. The number of aryl methyl sites for hydroxylation is 1. The summed E-state index contributed by atoms with van der Waals surface area (Å²) < 4.78 is 14.0. The molecule has 1 aromatic heterocycles.